The Labute approximate surface area is 362 Å². The Morgan fingerprint density at radius 3 is 1.97 bits per heavy atom. The summed E-state index contributed by atoms with van der Waals surface area (Å²) in [7, 11) is 3.33. The lowest BCUT2D eigenvalue weighted by Crippen LogP contribution is -2.59. The highest BCUT2D eigenvalue weighted by atomic mass is 35.5. The number of halogens is 2. The van der Waals surface area contributed by atoms with Gasteiger partial charge in [0.25, 0.3) is 0 Å². The summed E-state index contributed by atoms with van der Waals surface area (Å²) in [6, 6.07) is 3.96. The number of hydrogen-bond acceptors (Lipinski definition) is 8. The zero-order valence-corrected chi connectivity index (χ0v) is 37.1. The zero-order chi connectivity index (χ0) is 41.7. The number of hydrogen-bond donors (Lipinski definition) is 6. The lowest BCUT2D eigenvalue weighted by molar-refractivity contribution is -0.144. The van der Waals surface area contributed by atoms with Crippen molar-refractivity contribution in [1.82, 2.24) is 41.7 Å². The van der Waals surface area contributed by atoms with Crippen LogP contribution < -0.4 is 31.9 Å². The molecule has 0 spiro atoms. The summed E-state index contributed by atoms with van der Waals surface area (Å²) in [5.41, 5.74) is 1.79. The zero-order valence-electron chi connectivity index (χ0n) is 35.5. The second kappa shape index (κ2) is 24.0. The molecule has 4 rings (SSSR count). The lowest BCUT2D eigenvalue weighted by Gasteiger charge is -2.36. The molecule has 326 valence electrons. The molecule has 2 fully saturated rings. The van der Waals surface area contributed by atoms with Gasteiger partial charge < -0.3 is 41.7 Å². The number of amides is 6. The average molecular weight is 860 g/mol. The maximum absolute atomic E-state index is 13.9. The Kier molecular flexibility index (Phi) is 20.7. The van der Waals surface area contributed by atoms with Crippen LogP contribution in [0.25, 0.3) is 0 Å². The van der Waals surface area contributed by atoms with Crippen LogP contribution in [-0.2, 0) is 35.2 Å². The molecule has 2 aliphatic heterocycles. The average Bonchev–Trinajstić information content (AvgIpc) is 3.90. The Bertz CT molecular complexity index is 1760. The minimum atomic E-state index is -0.972. The third-order valence-electron chi connectivity index (χ3n) is 11.1. The van der Waals surface area contributed by atoms with E-state index in [4.69, 9.17) is 0 Å². The molecule has 2 heterocycles. The smallest absolute Gasteiger partial charge is 0.246 e. The molecule has 6 amide bonds. The molecule has 3 aliphatic rings. The highest BCUT2D eigenvalue weighted by Gasteiger charge is 2.42. The molecule has 14 nitrogen and oxygen atoms in total. The van der Waals surface area contributed by atoms with Gasteiger partial charge in [-0.25, -0.2) is 0 Å². The van der Waals surface area contributed by atoms with Gasteiger partial charge in [-0.1, -0.05) is 56.9 Å². The molecule has 16 heteroatoms. The largest absolute Gasteiger partial charge is 0.353 e. The molecule has 1 aliphatic carbocycles. The molecular formula is C43H64Cl2N8O6. The predicted octanol–water partition coefficient (Wildman–Crippen LogP) is 2.14. The predicted molar refractivity (Wildman–Crippen MR) is 232 cm³/mol. The van der Waals surface area contributed by atoms with Crippen molar-refractivity contribution >= 4 is 60.3 Å². The summed E-state index contributed by atoms with van der Waals surface area (Å²) >= 11 is 0. The molecule has 6 N–H and O–H groups in total. The van der Waals surface area contributed by atoms with E-state index in [1.165, 1.54) is 5.56 Å². The van der Waals surface area contributed by atoms with Crippen molar-refractivity contribution in [3.05, 3.63) is 35.4 Å². The van der Waals surface area contributed by atoms with Crippen LogP contribution in [0.3, 0.4) is 0 Å². The van der Waals surface area contributed by atoms with Crippen LogP contribution >= 0.6 is 24.8 Å². The van der Waals surface area contributed by atoms with Gasteiger partial charge in [-0.2, -0.15) is 0 Å². The number of carbonyl (C=O) groups excluding carboxylic acids is 6. The van der Waals surface area contributed by atoms with Gasteiger partial charge in [0.05, 0.1) is 18.1 Å². The monoisotopic (exact) mass is 858 g/mol. The van der Waals surface area contributed by atoms with Crippen LogP contribution in [0.15, 0.2) is 24.3 Å². The Balaban J connectivity index is 0.00000600. The number of benzene rings is 1. The Morgan fingerprint density at radius 2 is 1.34 bits per heavy atom. The van der Waals surface area contributed by atoms with Gasteiger partial charge >= 0.3 is 0 Å². The van der Waals surface area contributed by atoms with Crippen molar-refractivity contribution in [1.29, 1.82) is 0 Å². The van der Waals surface area contributed by atoms with E-state index in [2.05, 4.69) is 67.7 Å². The lowest BCUT2D eigenvalue weighted by atomic mass is 9.85. The Morgan fingerprint density at radius 1 is 0.763 bits per heavy atom. The van der Waals surface area contributed by atoms with Crippen LogP contribution in [-0.4, -0.2) is 115 Å². The maximum atomic E-state index is 13.9. The standard InChI is InChI=1S/C43H62N8O6.2ClH/c1-28(44-6)37(52)48-33(41(56)50-26-17-24-35(50)40(55)47-32-22-15-19-30-18-12-13-20-31(30)32)21-11-9-8-10-14-25-46-39(54)34-23-16-27-51(34)42(57)36(43(3,4)5)49-38(53)29(2)45-7;;/h12-13,18,20,28-29,32-36,44-45H,14-17,19,21-27H2,1-7H3,(H,46,54)(H,47,55)(H,48,52)(H,49,53);2*1H/t28-,29-,32+,33-,34-,35-,36+;;/m0../s1. The molecule has 0 bridgehead atoms. The summed E-state index contributed by atoms with van der Waals surface area (Å²) in [6.45, 7) is 10.1. The SMILES string of the molecule is CN[C@@H](C)C(=O)N[C@@H](CC#CC#CCCNC(=O)[C@@H]1CCCN1C(=O)[C@@H](NC(=O)[C@H](C)NC)C(C)(C)C)C(=O)N1CCC[C@H]1C(=O)N[C@@H]1CCCc2ccccc21.Cl.Cl. The molecule has 0 unspecified atom stereocenters. The van der Waals surface area contributed by atoms with Crippen molar-refractivity contribution in [3.8, 4) is 23.7 Å². The fraction of sp³-hybridized carbons (Fsp3) is 0.628. The first kappa shape index (κ1) is 50.8. The van der Waals surface area contributed by atoms with Gasteiger partial charge in [0.2, 0.25) is 35.4 Å². The molecule has 0 radical (unpaired) electrons. The number of nitrogens with one attached hydrogen (secondary N) is 6. The summed E-state index contributed by atoms with van der Waals surface area (Å²) in [5, 5.41) is 17.5. The fourth-order valence-electron chi connectivity index (χ4n) is 7.49. The van der Waals surface area contributed by atoms with Gasteiger partial charge in [-0.3, -0.25) is 28.8 Å². The first-order chi connectivity index (χ1) is 27.2. The van der Waals surface area contributed by atoms with Crippen LogP contribution in [0.4, 0.5) is 0 Å². The van der Waals surface area contributed by atoms with Crippen molar-refractivity contribution in [2.45, 2.75) is 135 Å². The van der Waals surface area contributed by atoms with E-state index >= 15 is 0 Å². The van der Waals surface area contributed by atoms with Crippen molar-refractivity contribution in [2.75, 3.05) is 33.7 Å². The summed E-state index contributed by atoms with van der Waals surface area (Å²) in [6.07, 6.45) is 5.51. The normalized spacial score (nSPS) is 20.2. The van der Waals surface area contributed by atoms with E-state index in [1.54, 1.807) is 37.7 Å². The summed E-state index contributed by atoms with van der Waals surface area (Å²) in [5.74, 6) is 9.60. The third-order valence-corrected chi connectivity index (χ3v) is 11.1. The number of likely N-dealkylation sites (tertiary alicyclic amines) is 2. The first-order valence-corrected chi connectivity index (χ1v) is 20.4. The Hall–Kier alpha value is -4.34. The number of aryl methyl sites for hydroxylation is 1. The van der Waals surface area contributed by atoms with Gasteiger partial charge in [0, 0.05) is 32.5 Å². The van der Waals surface area contributed by atoms with Crippen molar-refractivity contribution < 1.29 is 28.8 Å². The molecule has 0 saturated carbocycles. The molecule has 1 aromatic carbocycles. The van der Waals surface area contributed by atoms with E-state index in [-0.39, 0.29) is 79.3 Å². The molecule has 1 aromatic rings. The number of carbonyl (C=O) groups is 6. The highest BCUT2D eigenvalue weighted by Crippen LogP contribution is 2.31. The summed E-state index contributed by atoms with van der Waals surface area (Å²) < 4.78 is 0. The third kappa shape index (κ3) is 13.9. The van der Waals surface area contributed by atoms with Gasteiger partial charge in [0.1, 0.15) is 24.2 Å². The molecule has 59 heavy (non-hydrogen) atoms. The minimum absolute atomic E-state index is 0. The van der Waals surface area contributed by atoms with E-state index in [0.717, 1.165) is 24.8 Å². The molecule has 7 atom stereocenters. The second-order valence-corrected chi connectivity index (χ2v) is 16.3. The molecule has 0 aromatic heterocycles. The van der Waals surface area contributed by atoms with Crippen LogP contribution in [0, 0.1) is 29.1 Å². The first-order valence-electron chi connectivity index (χ1n) is 20.4. The van der Waals surface area contributed by atoms with E-state index in [1.807, 2.05) is 32.9 Å². The minimum Gasteiger partial charge on any atom is -0.353 e. The van der Waals surface area contributed by atoms with Crippen molar-refractivity contribution in [2.24, 2.45) is 5.41 Å². The van der Waals surface area contributed by atoms with Gasteiger partial charge in [-0.15, -0.1) is 24.8 Å². The van der Waals surface area contributed by atoms with E-state index < -0.39 is 41.7 Å². The molecular weight excluding hydrogens is 795 g/mol. The van der Waals surface area contributed by atoms with Gasteiger partial charge in [-0.05, 0) is 101 Å². The summed E-state index contributed by atoms with van der Waals surface area (Å²) in [4.78, 5) is 83.1. The van der Waals surface area contributed by atoms with Gasteiger partial charge in [0.15, 0.2) is 0 Å². The van der Waals surface area contributed by atoms with Crippen LogP contribution in [0.1, 0.15) is 103 Å². The highest BCUT2D eigenvalue weighted by molar-refractivity contribution is 5.95. The number of rotatable bonds is 14. The molecule has 2 saturated heterocycles. The fourth-order valence-corrected chi connectivity index (χ4v) is 7.49. The van der Waals surface area contributed by atoms with E-state index in [9.17, 15) is 28.8 Å². The topological polar surface area (TPSA) is 181 Å². The van der Waals surface area contributed by atoms with Crippen molar-refractivity contribution in [3.63, 3.8) is 0 Å². The van der Waals surface area contributed by atoms with Crippen LogP contribution in [0.5, 0.6) is 0 Å². The number of likely N-dealkylation sites (N-methyl/N-ethyl adjacent to an activating group) is 2. The van der Waals surface area contributed by atoms with E-state index in [0.29, 0.717) is 45.2 Å². The maximum Gasteiger partial charge on any atom is 0.246 e. The number of nitrogens with zero attached hydrogens (tertiary/aromatic N) is 2. The van der Waals surface area contributed by atoms with Crippen LogP contribution in [0.2, 0.25) is 0 Å². The number of fused-ring (bicyclic) bond motifs is 1. The quantitative estimate of drug-likeness (QED) is 0.122. The second-order valence-electron chi connectivity index (χ2n) is 16.3.